The van der Waals surface area contributed by atoms with Gasteiger partial charge in [-0.1, -0.05) is 97.1 Å². The minimum atomic E-state index is -0.525. The van der Waals surface area contributed by atoms with Crippen LogP contribution in [-0.2, 0) is 5.41 Å². The van der Waals surface area contributed by atoms with Gasteiger partial charge >= 0.3 is 0 Å². The number of hydrogen-bond donors (Lipinski definition) is 0. The van der Waals surface area contributed by atoms with E-state index in [0.29, 0.717) is 5.95 Å². The molecule has 1 atom stereocenters. The van der Waals surface area contributed by atoms with Crippen molar-refractivity contribution in [3.8, 4) is 28.2 Å². The first-order chi connectivity index (χ1) is 26.3. The summed E-state index contributed by atoms with van der Waals surface area (Å²) in [5.74, 6) is 0.613. The Labute approximate surface area is 309 Å². The molecule has 5 heteroatoms. The third-order valence-electron chi connectivity index (χ3n) is 11.4. The first-order valence-electron chi connectivity index (χ1n) is 17.9. The number of thiophene rings is 1. The van der Waals surface area contributed by atoms with Gasteiger partial charge in [0.05, 0.1) is 10.9 Å². The largest absolute Gasteiger partial charge is 0.262 e. The van der Waals surface area contributed by atoms with Gasteiger partial charge in [0.1, 0.15) is 5.65 Å². The van der Waals surface area contributed by atoms with Crippen LogP contribution in [-0.4, -0.2) is 19.5 Å². The van der Waals surface area contributed by atoms with E-state index in [-0.39, 0.29) is 0 Å². The highest BCUT2D eigenvalue weighted by molar-refractivity contribution is 7.25. The molecule has 53 heavy (non-hydrogen) atoms. The fourth-order valence-electron chi connectivity index (χ4n) is 9.22. The van der Waals surface area contributed by atoms with Crippen molar-refractivity contribution in [2.75, 3.05) is 0 Å². The Hall–Kier alpha value is -6.69. The molecule has 2 aliphatic rings. The maximum atomic E-state index is 4.79. The molecule has 4 nitrogen and oxygen atoms in total. The molecule has 6 aromatic carbocycles. The van der Waals surface area contributed by atoms with Crippen LogP contribution in [0.15, 0.2) is 158 Å². The molecule has 1 spiro atoms. The zero-order valence-corrected chi connectivity index (χ0v) is 29.2. The highest BCUT2D eigenvalue weighted by Crippen LogP contribution is 2.60. The topological polar surface area (TPSA) is 43.6 Å². The number of nitrogens with zero attached hydrogens (tertiary/aromatic N) is 4. The molecule has 246 valence electrons. The Kier molecular flexibility index (Phi) is 5.83. The second-order valence-corrected chi connectivity index (χ2v) is 15.1. The van der Waals surface area contributed by atoms with Crippen LogP contribution in [0.1, 0.15) is 33.4 Å². The molecule has 0 radical (unpaired) electrons. The predicted octanol–water partition coefficient (Wildman–Crippen LogP) is 11.9. The van der Waals surface area contributed by atoms with Gasteiger partial charge in [0.2, 0.25) is 5.95 Å². The number of aromatic nitrogens is 4. The van der Waals surface area contributed by atoms with E-state index in [0.717, 1.165) is 27.5 Å². The lowest BCUT2D eigenvalue weighted by molar-refractivity contribution is 0.768. The summed E-state index contributed by atoms with van der Waals surface area (Å²) in [5, 5.41) is 4.84. The van der Waals surface area contributed by atoms with Gasteiger partial charge in [0.15, 0.2) is 0 Å². The molecule has 0 N–H and O–H groups in total. The quantitative estimate of drug-likeness (QED) is 0.181. The molecule has 0 aliphatic heterocycles. The Morgan fingerprint density at radius 1 is 0.453 bits per heavy atom. The summed E-state index contributed by atoms with van der Waals surface area (Å²) in [5.41, 5.74) is 14.1. The van der Waals surface area contributed by atoms with E-state index < -0.39 is 5.41 Å². The van der Waals surface area contributed by atoms with Crippen LogP contribution in [0, 0.1) is 0 Å². The summed E-state index contributed by atoms with van der Waals surface area (Å²) in [7, 11) is 0. The van der Waals surface area contributed by atoms with E-state index in [9.17, 15) is 0 Å². The lowest BCUT2D eigenvalue weighted by atomic mass is 9.65. The van der Waals surface area contributed by atoms with E-state index in [2.05, 4.69) is 154 Å². The summed E-state index contributed by atoms with van der Waals surface area (Å²) in [4.78, 5) is 14.0. The molecule has 0 fully saturated rings. The summed E-state index contributed by atoms with van der Waals surface area (Å²) in [6.45, 7) is 0. The second-order valence-electron chi connectivity index (χ2n) is 14.0. The van der Waals surface area contributed by atoms with Crippen molar-refractivity contribution >= 4 is 65.6 Å². The summed E-state index contributed by atoms with van der Waals surface area (Å²) in [6.07, 6.45) is 10.0. The van der Waals surface area contributed by atoms with Crippen LogP contribution in [0.5, 0.6) is 0 Å². The van der Waals surface area contributed by atoms with Gasteiger partial charge in [-0.25, -0.2) is 15.0 Å². The lowest BCUT2D eigenvalue weighted by Gasteiger charge is -2.35. The Bertz CT molecular complexity index is 3190. The van der Waals surface area contributed by atoms with Crippen LogP contribution < -0.4 is 0 Å². The van der Waals surface area contributed by atoms with Gasteiger partial charge in [-0.2, -0.15) is 0 Å². The van der Waals surface area contributed by atoms with Gasteiger partial charge < -0.3 is 0 Å². The normalized spacial score (nSPS) is 15.5. The highest BCUT2D eigenvalue weighted by atomic mass is 32.1. The zero-order valence-electron chi connectivity index (χ0n) is 28.4. The summed E-state index contributed by atoms with van der Waals surface area (Å²) < 4.78 is 4.71. The number of rotatable bonds is 2. The monoisotopic (exact) mass is 692 g/mol. The average Bonchev–Trinajstić information content (AvgIpc) is 3.81. The fraction of sp³-hybridized carbons (Fsp3) is 0.0208. The van der Waals surface area contributed by atoms with Crippen LogP contribution >= 0.6 is 11.3 Å². The number of hydrogen-bond acceptors (Lipinski definition) is 4. The molecule has 2 aliphatic carbocycles. The second kappa shape index (κ2) is 10.7. The molecule has 10 aromatic rings. The van der Waals surface area contributed by atoms with Crippen molar-refractivity contribution < 1.29 is 0 Å². The number of fused-ring (bicyclic) bond motifs is 15. The summed E-state index contributed by atoms with van der Waals surface area (Å²) >= 11 is 1.89. The zero-order chi connectivity index (χ0) is 34.7. The Morgan fingerprint density at radius 3 is 2.11 bits per heavy atom. The predicted molar refractivity (Wildman–Crippen MR) is 219 cm³/mol. The van der Waals surface area contributed by atoms with Crippen molar-refractivity contribution in [1.29, 1.82) is 0 Å². The molecule has 0 bridgehead atoms. The van der Waals surface area contributed by atoms with Gasteiger partial charge in [-0.05, 0) is 110 Å². The van der Waals surface area contributed by atoms with Crippen molar-refractivity contribution in [1.82, 2.24) is 19.5 Å². The minimum absolute atomic E-state index is 0.525. The van der Waals surface area contributed by atoms with Crippen LogP contribution in [0.3, 0.4) is 0 Å². The molecule has 12 rings (SSSR count). The number of benzene rings is 6. The third kappa shape index (κ3) is 3.86. The van der Waals surface area contributed by atoms with Crippen LogP contribution in [0.2, 0.25) is 0 Å². The van der Waals surface area contributed by atoms with E-state index in [4.69, 9.17) is 4.98 Å². The van der Waals surface area contributed by atoms with Gasteiger partial charge in [-0.3, -0.25) is 4.57 Å². The Morgan fingerprint density at radius 2 is 1.19 bits per heavy atom. The Balaban J connectivity index is 1.16. The lowest BCUT2D eigenvalue weighted by Crippen LogP contribution is -2.30. The highest BCUT2D eigenvalue weighted by Gasteiger charge is 2.48. The molecule has 0 saturated carbocycles. The molecule has 0 saturated heterocycles. The van der Waals surface area contributed by atoms with Crippen molar-refractivity contribution in [3.05, 3.63) is 191 Å². The van der Waals surface area contributed by atoms with Crippen LogP contribution in [0.4, 0.5) is 0 Å². The first kappa shape index (κ1) is 28.9. The average molecular weight is 693 g/mol. The van der Waals surface area contributed by atoms with E-state index in [1.54, 1.807) is 12.4 Å². The third-order valence-corrected chi connectivity index (χ3v) is 12.6. The van der Waals surface area contributed by atoms with Gasteiger partial charge in [0.25, 0.3) is 0 Å². The molecule has 0 amide bonds. The van der Waals surface area contributed by atoms with E-state index in [1.807, 2.05) is 29.7 Å². The van der Waals surface area contributed by atoms with Crippen LogP contribution in [0.25, 0.3) is 82.5 Å². The minimum Gasteiger partial charge on any atom is -0.262 e. The smallest absolute Gasteiger partial charge is 0.235 e. The van der Waals surface area contributed by atoms with E-state index in [1.165, 1.54) is 70.2 Å². The standard InChI is InChI=1S/C48H28N4S/c1-4-13-39-29(9-1)16-17-30-18-19-32(31-20-21-43-37(25-31)35-12-7-22-49-46(35)52(43)47-50-23-8-24-51-47)26-41(30)48(39)40-14-5-2-10-33(40)36-28-45-38(27-42(36)48)34-11-3-6-15-44(34)53-45/h1-28H. The number of pyridine rings is 1. The van der Waals surface area contributed by atoms with Gasteiger partial charge in [-0.15, -0.1) is 11.3 Å². The molecular weight excluding hydrogens is 665 g/mol. The van der Waals surface area contributed by atoms with Crippen molar-refractivity contribution in [3.63, 3.8) is 0 Å². The molecule has 4 aromatic heterocycles. The first-order valence-corrected chi connectivity index (χ1v) is 18.7. The maximum Gasteiger partial charge on any atom is 0.235 e. The molecule has 1 unspecified atom stereocenters. The summed E-state index contributed by atoms with van der Waals surface area (Å²) in [6, 6.07) is 51.7. The molecule has 4 heterocycles. The van der Waals surface area contributed by atoms with Crippen molar-refractivity contribution in [2.45, 2.75) is 5.41 Å². The maximum absolute atomic E-state index is 4.79. The van der Waals surface area contributed by atoms with E-state index >= 15 is 0 Å². The fourth-order valence-corrected chi connectivity index (χ4v) is 10.4. The molecular formula is C48H28N4S. The SMILES string of the molecule is C1=Cc2ccc(-c3ccc4c(c3)c3cccnc3n4-c3ncccn3)cc2C2(c3ccccc31)c1ccccc1-c1cc3sc4ccccc4c3cc12. The van der Waals surface area contributed by atoms with Gasteiger partial charge in [0, 0.05) is 49.5 Å². The van der Waals surface area contributed by atoms with Crippen molar-refractivity contribution in [2.24, 2.45) is 0 Å².